The number of benzene rings is 2. The maximum Gasteiger partial charge on any atom is 0.244 e. The number of hydrogen-bond donors (Lipinski definition) is 1. The van der Waals surface area contributed by atoms with E-state index >= 15 is 0 Å². The zero-order chi connectivity index (χ0) is 22.4. The van der Waals surface area contributed by atoms with Crippen molar-refractivity contribution in [2.75, 3.05) is 23.7 Å². The highest BCUT2D eigenvalue weighted by Gasteiger charge is 2.31. The zero-order valence-electron chi connectivity index (χ0n) is 18.4. The second kappa shape index (κ2) is 9.98. The van der Waals surface area contributed by atoms with Gasteiger partial charge in [0.1, 0.15) is 18.4 Å². The third kappa shape index (κ3) is 6.49. The molecule has 164 valence electrons. The van der Waals surface area contributed by atoms with E-state index in [1.807, 2.05) is 24.3 Å². The second-order valence-corrected chi connectivity index (χ2v) is 10.1. The standard InChI is InChI=1S/C23H32N2O4S/c1-6-21(25(30(5,27)28)19-10-8-7-9-11-19)22(26)24-16-17-29-20-14-12-18(13-15-20)23(2,3)4/h7-15,21H,6,16-17H2,1-5H3,(H,24,26). The van der Waals surface area contributed by atoms with Gasteiger partial charge in [-0.2, -0.15) is 0 Å². The van der Waals surface area contributed by atoms with Gasteiger partial charge in [0.2, 0.25) is 15.9 Å². The summed E-state index contributed by atoms with van der Waals surface area (Å²) >= 11 is 0. The van der Waals surface area contributed by atoms with Crippen LogP contribution < -0.4 is 14.4 Å². The van der Waals surface area contributed by atoms with Crippen LogP contribution in [-0.4, -0.2) is 39.8 Å². The topological polar surface area (TPSA) is 75.7 Å². The predicted molar refractivity (Wildman–Crippen MR) is 121 cm³/mol. The van der Waals surface area contributed by atoms with Gasteiger partial charge in [0.15, 0.2) is 0 Å². The molecule has 0 aliphatic carbocycles. The molecule has 2 aromatic carbocycles. The van der Waals surface area contributed by atoms with Crippen LogP contribution in [0.25, 0.3) is 0 Å². The number of sulfonamides is 1. The molecule has 1 amide bonds. The normalized spacial score (nSPS) is 12.8. The second-order valence-electron chi connectivity index (χ2n) is 8.23. The first-order chi connectivity index (χ1) is 14.0. The van der Waals surface area contributed by atoms with Gasteiger partial charge in [0.05, 0.1) is 18.5 Å². The minimum Gasteiger partial charge on any atom is -0.492 e. The first-order valence-corrected chi connectivity index (χ1v) is 11.9. The lowest BCUT2D eigenvalue weighted by atomic mass is 9.87. The van der Waals surface area contributed by atoms with Crippen LogP contribution in [0.4, 0.5) is 5.69 Å². The average molecular weight is 433 g/mol. The SMILES string of the molecule is CCC(C(=O)NCCOc1ccc(C(C)(C)C)cc1)N(c1ccccc1)S(C)(=O)=O. The number of carbonyl (C=O) groups excluding carboxylic acids is 1. The summed E-state index contributed by atoms with van der Waals surface area (Å²) in [5.74, 6) is 0.379. The molecule has 0 bridgehead atoms. The van der Waals surface area contributed by atoms with Crippen LogP contribution in [0.2, 0.25) is 0 Å². The summed E-state index contributed by atoms with van der Waals surface area (Å²) in [6.45, 7) is 8.82. The molecule has 1 unspecified atom stereocenters. The van der Waals surface area contributed by atoms with Crippen molar-refractivity contribution in [3.8, 4) is 5.75 Å². The van der Waals surface area contributed by atoms with Crippen molar-refractivity contribution < 1.29 is 17.9 Å². The van der Waals surface area contributed by atoms with E-state index in [1.165, 1.54) is 9.87 Å². The molecule has 0 heterocycles. The third-order valence-corrected chi connectivity index (χ3v) is 5.91. The Morgan fingerprint density at radius 2 is 1.67 bits per heavy atom. The molecular formula is C23H32N2O4S. The van der Waals surface area contributed by atoms with E-state index in [1.54, 1.807) is 37.3 Å². The Balaban J connectivity index is 1.96. The Bertz CT molecular complexity index is 920. The third-order valence-electron chi connectivity index (χ3n) is 4.73. The Hall–Kier alpha value is -2.54. The number of para-hydroxylation sites is 1. The largest absolute Gasteiger partial charge is 0.492 e. The van der Waals surface area contributed by atoms with E-state index in [2.05, 4.69) is 26.1 Å². The van der Waals surface area contributed by atoms with Crippen LogP contribution in [-0.2, 0) is 20.2 Å². The van der Waals surface area contributed by atoms with Crippen LogP contribution in [0, 0.1) is 0 Å². The maximum absolute atomic E-state index is 12.7. The van der Waals surface area contributed by atoms with Gasteiger partial charge in [-0.25, -0.2) is 8.42 Å². The Morgan fingerprint density at radius 3 is 2.17 bits per heavy atom. The number of nitrogens with zero attached hydrogens (tertiary/aromatic N) is 1. The number of ether oxygens (including phenoxy) is 1. The average Bonchev–Trinajstić information content (AvgIpc) is 2.68. The van der Waals surface area contributed by atoms with Crippen LogP contribution in [0.3, 0.4) is 0 Å². The molecule has 1 N–H and O–H groups in total. The first-order valence-electron chi connectivity index (χ1n) is 10.1. The molecule has 2 rings (SSSR count). The summed E-state index contributed by atoms with van der Waals surface area (Å²) in [5.41, 5.74) is 1.76. The van der Waals surface area contributed by atoms with E-state index in [0.717, 1.165) is 12.0 Å². The molecule has 0 spiro atoms. The fraction of sp³-hybridized carbons (Fsp3) is 0.435. The van der Waals surface area contributed by atoms with Crippen molar-refractivity contribution in [2.24, 2.45) is 0 Å². The van der Waals surface area contributed by atoms with Gasteiger partial charge >= 0.3 is 0 Å². The smallest absolute Gasteiger partial charge is 0.244 e. The van der Waals surface area contributed by atoms with E-state index in [-0.39, 0.29) is 17.9 Å². The van der Waals surface area contributed by atoms with Gasteiger partial charge < -0.3 is 10.1 Å². The van der Waals surface area contributed by atoms with Gasteiger partial charge in [-0.3, -0.25) is 9.10 Å². The molecule has 0 aliphatic rings. The molecule has 7 heteroatoms. The van der Waals surface area contributed by atoms with Gasteiger partial charge in [0, 0.05) is 0 Å². The molecule has 0 aliphatic heterocycles. The van der Waals surface area contributed by atoms with Crippen molar-refractivity contribution in [2.45, 2.75) is 45.6 Å². The van der Waals surface area contributed by atoms with Gasteiger partial charge in [0.25, 0.3) is 0 Å². The summed E-state index contributed by atoms with van der Waals surface area (Å²) in [4.78, 5) is 12.7. The predicted octanol–water partition coefficient (Wildman–Crippen LogP) is 3.72. The highest BCUT2D eigenvalue weighted by molar-refractivity contribution is 7.92. The van der Waals surface area contributed by atoms with Crippen molar-refractivity contribution in [3.05, 3.63) is 60.2 Å². The highest BCUT2D eigenvalue weighted by atomic mass is 32.2. The van der Waals surface area contributed by atoms with Crippen LogP contribution in [0.1, 0.15) is 39.7 Å². The highest BCUT2D eigenvalue weighted by Crippen LogP contribution is 2.24. The fourth-order valence-electron chi connectivity index (χ4n) is 3.15. The Labute approximate surface area is 180 Å². The number of rotatable bonds is 9. The number of amides is 1. The lowest BCUT2D eigenvalue weighted by Crippen LogP contribution is -2.49. The minimum absolute atomic E-state index is 0.0753. The molecule has 0 saturated heterocycles. The van der Waals surface area contributed by atoms with Gasteiger partial charge in [-0.05, 0) is 41.7 Å². The van der Waals surface area contributed by atoms with Crippen molar-refractivity contribution in [1.29, 1.82) is 0 Å². The molecule has 0 saturated carbocycles. The molecule has 6 nitrogen and oxygen atoms in total. The van der Waals surface area contributed by atoms with E-state index in [4.69, 9.17) is 4.74 Å². The van der Waals surface area contributed by atoms with E-state index in [0.29, 0.717) is 18.7 Å². The number of hydrogen-bond acceptors (Lipinski definition) is 4. The molecule has 0 aromatic heterocycles. The zero-order valence-corrected chi connectivity index (χ0v) is 19.2. The van der Waals surface area contributed by atoms with Crippen LogP contribution in [0.5, 0.6) is 5.75 Å². The van der Waals surface area contributed by atoms with Crippen LogP contribution >= 0.6 is 0 Å². The molecule has 0 radical (unpaired) electrons. The molecular weight excluding hydrogens is 400 g/mol. The Kier molecular flexibility index (Phi) is 7.89. The molecule has 1 atom stereocenters. The quantitative estimate of drug-likeness (QED) is 0.613. The monoisotopic (exact) mass is 432 g/mol. The van der Waals surface area contributed by atoms with Crippen LogP contribution in [0.15, 0.2) is 54.6 Å². The summed E-state index contributed by atoms with van der Waals surface area (Å²) in [7, 11) is -3.62. The van der Waals surface area contributed by atoms with E-state index in [9.17, 15) is 13.2 Å². The molecule has 2 aromatic rings. The first kappa shape index (κ1) is 23.7. The van der Waals surface area contributed by atoms with Crippen molar-refractivity contribution >= 4 is 21.6 Å². The summed E-state index contributed by atoms with van der Waals surface area (Å²) in [5, 5.41) is 2.79. The van der Waals surface area contributed by atoms with Gasteiger partial charge in [-0.1, -0.05) is 58.0 Å². The van der Waals surface area contributed by atoms with Crippen molar-refractivity contribution in [1.82, 2.24) is 5.32 Å². The van der Waals surface area contributed by atoms with Crippen molar-refractivity contribution in [3.63, 3.8) is 0 Å². The Morgan fingerprint density at radius 1 is 1.07 bits per heavy atom. The minimum atomic E-state index is -3.62. The number of nitrogens with one attached hydrogen (secondary N) is 1. The fourth-order valence-corrected chi connectivity index (χ4v) is 4.36. The maximum atomic E-state index is 12.7. The number of anilines is 1. The van der Waals surface area contributed by atoms with E-state index < -0.39 is 16.1 Å². The lowest BCUT2D eigenvalue weighted by molar-refractivity contribution is -0.122. The summed E-state index contributed by atoms with van der Waals surface area (Å²) in [6.07, 6.45) is 1.46. The summed E-state index contributed by atoms with van der Waals surface area (Å²) in [6, 6.07) is 15.7. The molecule has 30 heavy (non-hydrogen) atoms. The summed E-state index contributed by atoms with van der Waals surface area (Å²) < 4.78 is 31.6. The lowest BCUT2D eigenvalue weighted by Gasteiger charge is -2.30. The van der Waals surface area contributed by atoms with Gasteiger partial charge in [-0.15, -0.1) is 0 Å². The molecule has 0 fully saturated rings. The number of carbonyl (C=O) groups is 1.